The van der Waals surface area contributed by atoms with Gasteiger partial charge in [0.05, 0.1) is 12.1 Å². The molecule has 7 nitrogen and oxygen atoms in total. The molecule has 0 atom stereocenters. The zero-order valence-electron chi connectivity index (χ0n) is 12.3. The summed E-state index contributed by atoms with van der Waals surface area (Å²) in [6.07, 6.45) is 3.15. The summed E-state index contributed by atoms with van der Waals surface area (Å²) in [5.41, 5.74) is 0. The molecule has 0 heterocycles. The summed E-state index contributed by atoms with van der Waals surface area (Å²) in [4.78, 5) is 30.0. The maximum absolute atomic E-state index is 12.0. The molecule has 0 spiro atoms. The van der Waals surface area contributed by atoms with Gasteiger partial charge in [0, 0.05) is 27.2 Å². The number of amides is 3. The Hall–Kier alpha value is -1.09. The summed E-state index contributed by atoms with van der Waals surface area (Å²) in [6.45, 7) is 1.75. The molecule has 1 rings (SSSR count). The van der Waals surface area contributed by atoms with Crippen LogP contribution in [0.4, 0.5) is 9.59 Å². The van der Waals surface area contributed by atoms with Crippen LogP contribution in [0.25, 0.3) is 0 Å². The molecule has 114 valence electrons. The Balaban J connectivity index is 2.55. The number of nitrogens with zero attached hydrogens (tertiary/aromatic N) is 4. The largest absolute Gasteiger partial charge is 0.447 e. The number of carbonyl (C=O) groups is 2. The molecule has 1 aliphatic rings. The molecule has 0 saturated heterocycles. The van der Waals surface area contributed by atoms with Crippen LogP contribution in [0.3, 0.4) is 0 Å². The predicted octanol–water partition coefficient (Wildman–Crippen LogP) is 2.46. The van der Waals surface area contributed by atoms with Crippen molar-refractivity contribution in [2.45, 2.75) is 25.8 Å². The lowest BCUT2D eigenvalue weighted by Gasteiger charge is -2.27. The molecular formula is C11H20N4O3S2. The van der Waals surface area contributed by atoms with E-state index < -0.39 is 6.09 Å². The Kier molecular flexibility index (Phi) is 6.47. The quantitative estimate of drug-likeness (QED) is 0.262. The molecule has 0 N–H and O–H groups in total. The lowest BCUT2D eigenvalue weighted by molar-refractivity contribution is 0.136. The molecule has 0 aromatic carbocycles. The van der Waals surface area contributed by atoms with Crippen LogP contribution < -0.4 is 0 Å². The molecule has 0 aliphatic heterocycles. The number of hydrogen-bond acceptors (Lipinski definition) is 6. The number of thioether (sulfide) groups is 1. The van der Waals surface area contributed by atoms with E-state index in [-0.39, 0.29) is 12.1 Å². The molecule has 0 radical (unpaired) electrons. The van der Waals surface area contributed by atoms with Crippen LogP contribution in [0.15, 0.2) is 5.16 Å². The zero-order chi connectivity index (χ0) is 15.3. The van der Waals surface area contributed by atoms with Gasteiger partial charge in [-0.3, -0.25) is 4.84 Å². The third-order valence-electron chi connectivity index (χ3n) is 2.46. The highest BCUT2D eigenvalue weighted by Crippen LogP contribution is 2.34. The van der Waals surface area contributed by atoms with E-state index in [1.54, 1.807) is 32.4 Å². The van der Waals surface area contributed by atoms with Crippen LogP contribution in [0.2, 0.25) is 0 Å². The van der Waals surface area contributed by atoms with Crippen molar-refractivity contribution in [1.82, 2.24) is 13.5 Å². The van der Waals surface area contributed by atoms with E-state index in [1.807, 2.05) is 6.26 Å². The second kappa shape index (κ2) is 7.63. The minimum atomic E-state index is -0.611. The van der Waals surface area contributed by atoms with Gasteiger partial charge < -0.3 is 4.90 Å². The third kappa shape index (κ3) is 5.12. The topological polar surface area (TPSA) is 65.5 Å². The van der Waals surface area contributed by atoms with E-state index in [0.29, 0.717) is 5.04 Å². The monoisotopic (exact) mass is 320 g/mol. The molecule has 0 aromatic rings. The number of oxime groups is 1. The fraction of sp³-hybridized carbons (Fsp3) is 0.727. The smallest absolute Gasteiger partial charge is 0.330 e. The summed E-state index contributed by atoms with van der Waals surface area (Å²) in [5.74, 6) is 0. The summed E-state index contributed by atoms with van der Waals surface area (Å²) < 4.78 is 2.85. The standard InChI is InChI=1S/C11H20N4O3S2/c1-8(19-5)12-18-11(17)14(4)20-15(9-6-7-9)10(16)13(2)3/h9H,6-7H2,1-5H3/b12-8+. The summed E-state index contributed by atoms with van der Waals surface area (Å²) in [7, 11) is 4.92. The molecule has 1 fully saturated rings. The Morgan fingerprint density at radius 3 is 2.30 bits per heavy atom. The minimum Gasteiger partial charge on any atom is -0.330 e. The average molecular weight is 320 g/mol. The highest BCUT2D eigenvalue weighted by Gasteiger charge is 2.36. The van der Waals surface area contributed by atoms with Gasteiger partial charge in [-0.2, -0.15) is 0 Å². The van der Waals surface area contributed by atoms with Crippen molar-refractivity contribution in [3.8, 4) is 0 Å². The molecule has 1 saturated carbocycles. The third-order valence-corrected chi connectivity index (χ3v) is 4.15. The van der Waals surface area contributed by atoms with Crippen molar-refractivity contribution in [2.24, 2.45) is 5.16 Å². The number of rotatable bonds is 4. The first-order chi connectivity index (χ1) is 9.36. The predicted molar refractivity (Wildman–Crippen MR) is 82.4 cm³/mol. The molecule has 9 heteroatoms. The fourth-order valence-corrected chi connectivity index (χ4v) is 2.18. The first-order valence-electron chi connectivity index (χ1n) is 6.08. The highest BCUT2D eigenvalue weighted by atomic mass is 32.2. The number of hydrogen-bond donors (Lipinski definition) is 0. The second-order valence-electron chi connectivity index (χ2n) is 4.48. The number of urea groups is 1. The molecule has 1 aliphatic carbocycles. The second-order valence-corrected chi connectivity index (χ2v) is 6.59. The van der Waals surface area contributed by atoms with Gasteiger partial charge in [0.25, 0.3) is 0 Å². The van der Waals surface area contributed by atoms with Crippen molar-refractivity contribution >= 4 is 41.1 Å². The van der Waals surface area contributed by atoms with Crippen molar-refractivity contribution in [1.29, 1.82) is 0 Å². The van der Waals surface area contributed by atoms with Crippen LogP contribution in [0.5, 0.6) is 0 Å². The summed E-state index contributed by atoms with van der Waals surface area (Å²) in [5, 5.41) is 4.33. The van der Waals surface area contributed by atoms with Crippen molar-refractivity contribution in [2.75, 3.05) is 27.4 Å². The van der Waals surface area contributed by atoms with Gasteiger partial charge >= 0.3 is 12.1 Å². The summed E-state index contributed by atoms with van der Waals surface area (Å²) >= 11 is 2.44. The fourth-order valence-electron chi connectivity index (χ4n) is 1.13. The Morgan fingerprint density at radius 2 is 1.85 bits per heavy atom. The van der Waals surface area contributed by atoms with E-state index in [2.05, 4.69) is 5.16 Å². The van der Waals surface area contributed by atoms with Crippen LogP contribution in [-0.4, -0.2) is 64.1 Å². The Labute approximate surface area is 127 Å². The lowest BCUT2D eigenvalue weighted by Crippen LogP contribution is -2.39. The summed E-state index contributed by atoms with van der Waals surface area (Å²) in [6, 6.07) is 0.0440. The molecule has 20 heavy (non-hydrogen) atoms. The van der Waals surface area contributed by atoms with E-state index in [0.717, 1.165) is 25.0 Å². The molecule has 0 unspecified atom stereocenters. The van der Waals surface area contributed by atoms with Crippen LogP contribution in [-0.2, 0) is 4.84 Å². The van der Waals surface area contributed by atoms with E-state index in [1.165, 1.54) is 21.0 Å². The van der Waals surface area contributed by atoms with Gasteiger partial charge in [-0.05, 0) is 26.0 Å². The Morgan fingerprint density at radius 1 is 1.25 bits per heavy atom. The lowest BCUT2D eigenvalue weighted by atomic mass is 10.7. The van der Waals surface area contributed by atoms with Crippen molar-refractivity contribution in [3.63, 3.8) is 0 Å². The molecular weight excluding hydrogens is 300 g/mol. The molecule has 0 aromatic heterocycles. The van der Waals surface area contributed by atoms with Gasteiger partial charge in [0.15, 0.2) is 0 Å². The SMILES string of the molecule is CS/C(C)=N/OC(=O)N(C)SN(C(=O)N(C)C)C1CC1. The normalized spacial score (nSPS) is 14.8. The first kappa shape index (κ1) is 17.0. The first-order valence-corrected chi connectivity index (χ1v) is 8.04. The highest BCUT2D eigenvalue weighted by molar-refractivity contribution is 8.13. The van der Waals surface area contributed by atoms with E-state index >= 15 is 0 Å². The van der Waals surface area contributed by atoms with Gasteiger partial charge in [-0.1, -0.05) is 5.16 Å². The maximum Gasteiger partial charge on any atom is 0.447 e. The van der Waals surface area contributed by atoms with Gasteiger partial charge in [0.2, 0.25) is 0 Å². The zero-order valence-corrected chi connectivity index (χ0v) is 14.0. The van der Waals surface area contributed by atoms with Crippen LogP contribution >= 0.6 is 23.9 Å². The van der Waals surface area contributed by atoms with Crippen molar-refractivity contribution < 1.29 is 14.4 Å². The van der Waals surface area contributed by atoms with Crippen LogP contribution in [0.1, 0.15) is 19.8 Å². The molecule has 3 amide bonds. The van der Waals surface area contributed by atoms with Crippen molar-refractivity contribution in [3.05, 3.63) is 0 Å². The molecule has 0 bridgehead atoms. The average Bonchev–Trinajstić information content (AvgIpc) is 3.24. The maximum atomic E-state index is 12.0. The van der Waals surface area contributed by atoms with Crippen LogP contribution in [0, 0.1) is 0 Å². The van der Waals surface area contributed by atoms with Gasteiger partial charge in [-0.25, -0.2) is 18.2 Å². The number of carbonyl (C=O) groups excluding carboxylic acids is 2. The van der Waals surface area contributed by atoms with Gasteiger partial charge in [0.1, 0.15) is 5.04 Å². The Bertz CT molecular complexity index is 399. The van der Waals surface area contributed by atoms with E-state index in [4.69, 9.17) is 4.84 Å². The van der Waals surface area contributed by atoms with Gasteiger partial charge in [-0.15, -0.1) is 11.8 Å². The van der Waals surface area contributed by atoms with E-state index in [9.17, 15) is 9.59 Å². The minimum absolute atomic E-state index is 0.138.